The summed E-state index contributed by atoms with van der Waals surface area (Å²) in [6.45, 7) is 6.08. The van der Waals surface area contributed by atoms with Crippen molar-refractivity contribution in [2.45, 2.75) is 19.5 Å². The molecule has 1 fully saturated rings. The van der Waals surface area contributed by atoms with Crippen LogP contribution in [0.2, 0.25) is 5.02 Å². The summed E-state index contributed by atoms with van der Waals surface area (Å²) in [5, 5.41) is 11.0. The van der Waals surface area contributed by atoms with Crippen molar-refractivity contribution in [3.63, 3.8) is 0 Å². The lowest BCUT2D eigenvalue weighted by atomic mass is 10.2. The fourth-order valence-corrected chi connectivity index (χ4v) is 3.90. The van der Waals surface area contributed by atoms with E-state index in [-0.39, 0.29) is 0 Å². The molecule has 0 N–H and O–H groups in total. The largest absolute Gasteiger partial charge is 0.339 e. The average Bonchev–Trinajstić information content (AvgIpc) is 3.38. The van der Waals surface area contributed by atoms with Gasteiger partial charge in [-0.15, -0.1) is 11.3 Å². The first-order valence-corrected chi connectivity index (χ1v) is 10.0. The fourth-order valence-electron chi connectivity index (χ4n) is 3.09. The lowest BCUT2D eigenvalue weighted by Gasteiger charge is -2.34. The monoisotopic (exact) mass is 392 g/mol. The van der Waals surface area contributed by atoms with Gasteiger partial charge in [0.25, 0.3) is 0 Å². The summed E-state index contributed by atoms with van der Waals surface area (Å²) >= 11 is 7.54. The number of thiophene rings is 1. The summed E-state index contributed by atoms with van der Waals surface area (Å²) in [6.07, 6.45) is 5.40. The second-order valence-electron chi connectivity index (χ2n) is 6.39. The number of hydrogen-bond donors (Lipinski definition) is 0. The molecule has 0 bridgehead atoms. The maximum atomic E-state index is 5.91. The van der Waals surface area contributed by atoms with E-state index in [1.54, 1.807) is 17.5 Å². The van der Waals surface area contributed by atoms with Crippen molar-refractivity contribution < 1.29 is 4.52 Å². The Balaban J connectivity index is 1.17. The highest BCUT2D eigenvalue weighted by Gasteiger charge is 2.17. The quantitative estimate of drug-likeness (QED) is 0.616. The van der Waals surface area contributed by atoms with Gasteiger partial charge in [-0.05, 0) is 24.4 Å². The van der Waals surface area contributed by atoms with Crippen LogP contribution in [0.4, 0.5) is 0 Å². The third-order valence-corrected chi connectivity index (χ3v) is 5.55. The van der Waals surface area contributed by atoms with Crippen molar-refractivity contribution in [1.82, 2.24) is 29.7 Å². The Morgan fingerprint density at radius 1 is 1.19 bits per heavy atom. The van der Waals surface area contributed by atoms with Gasteiger partial charge in [0, 0.05) is 38.8 Å². The zero-order chi connectivity index (χ0) is 17.8. The van der Waals surface area contributed by atoms with Crippen LogP contribution in [-0.4, -0.2) is 62.4 Å². The Morgan fingerprint density at radius 3 is 2.77 bits per heavy atom. The van der Waals surface area contributed by atoms with Crippen molar-refractivity contribution in [3.8, 4) is 10.7 Å². The van der Waals surface area contributed by atoms with Gasteiger partial charge in [-0.3, -0.25) is 9.58 Å². The molecule has 4 rings (SSSR count). The van der Waals surface area contributed by atoms with Crippen LogP contribution >= 0.6 is 22.9 Å². The van der Waals surface area contributed by atoms with Gasteiger partial charge in [0.2, 0.25) is 11.7 Å². The van der Waals surface area contributed by atoms with Gasteiger partial charge >= 0.3 is 0 Å². The summed E-state index contributed by atoms with van der Waals surface area (Å²) in [5.41, 5.74) is 0. The minimum atomic E-state index is 0.687. The van der Waals surface area contributed by atoms with Gasteiger partial charge in [-0.1, -0.05) is 22.8 Å². The first kappa shape index (κ1) is 17.7. The highest BCUT2D eigenvalue weighted by molar-refractivity contribution is 7.13. The summed E-state index contributed by atoms with van der Waals surface area (Å²) in [7, 11) is 0. The molecular weight excluding hydrogens is 372 g/mol. The van der Waals surface area contributed by atoms with E-state index in [4.69, 9.17) is 16.1 Å². The third kappa shape index (κ3) is 4.50. The Labute approximate surface area is 161 Å². The molecule has 0 aliphatic carbocycles. The molecule has 0 radical (unpaired) electrons. The van der Waals surface area contributed by atoms with Crippen molar-refractivity contribution >= 4 is 22.9 Å². The Morgan fingerprint density at radius 2 is 2.04 bits per heavy atom. The molecule has 0 atom stereocenters. The van der Waals surface area contributed by atoms with E-state index in [9.17, 15) is 0 Å². The minimum absolute atomic E-state index is 0.687. The number of rotatable bonds is 7. The summed E-state index contributed by atoms with van der Waals surface area (Å²) < 4.78 is 7.25. The number of aromatic nitrogens is 4. The zero-order valence-electron chi connectivity index (χ0n) is 14.4. The second kappa shape index (κ2) is 8.30. The smallest absolute Gasteiger partial charge is 0.227 e. The normalized spacial score (nSPS) is 16.3. The number of piperazine rings is 1. The molecule has 0 aromatic carbocycles. The zero-order valence-corrected chi connectivity index (χ0v) is 16.0. The van der Waals surface area contributed by atoms with Crippen LogP contribution in [0, 0.1) is 0 Å². The maximum Gasteiger partial charge on any atom is 0.227 e. The number of halogens is 1. The fraction of sp³-hybridized carbons (Fsp3) is 0.471. The molecule has 1 aliphatic heterocycles. The maximum absolute atomic E-state index is 5.91. The molecule has 3 aromatic heterocycles. The van der Waals surface area contributed by atoms with Gasteiger partial charge in [-0.2, -0.15) is 10.1 Å². The van der Waals surface area contributed by atoms with Crippen LogP contribution in [0.15, 0.2) is 34.4 Å². The van der Waals surface area contributed by atoms with Crippen molar-refractivity contribution in [2.24, 2.45) is 0 Å². The molecule has 3 aromatic rings. The molecule has 138 valence electrons. The molecule has 0 saturated carbocycles. The predicted molar refractivity (Wildman–Crippen MR) is 101 cm³/mol. The van der Waals surface area contributed by atoms with Crippen molar-refractivity contribution in [1.29, 1.82) is 0 Å². The lowest BCUT2D eigenvalue weighted by Crippen LogP contribution is -2.47. The van der Waals surface area contributed by atoms with Gasteiger partial charge in [0.05, 0.1) is 22.8 Å². The first-order valence-electron chi connectivity index (χ1n) is 8.75. The van der Waals surface area contributed by atoms with Gasteiger partial charge in [-0.25, -0.2) is 0 Å². The molecule has 7 nitrogen and oxygen atoms in total. The average molecular weight is 393 g/mol. The summed E-state index contributed by atoms with van der Waals surface area (Å²) in [5.74, 6) is 1.42. The van der Waals surface area contributed by atoms with E-state index in [0.717, 1.165) is 63.0 Å². The second-order valence-corrected chi connectivity index (χ2v) is 7.78. The van der Waals surface area contributed by atoms with Crippen LogP contribution < -0.4 is 0 Å². The Hall–Kier alpha value is -1.74. The van der Waals surface area contributed by atoms with Crippen LogP contribution in [-0.2, 0) is 13.1 Å². The molecule has 9 heteroatoms. The Bertz CT molecular complexity index is 809. The number of aryl methyl sites for hydroxylation is 1. The molecule has 1 saturated heterocycles. The van der Waals surface area contributed by atoms with E-state index in [1.807, 2.05) is 28.4 Å². The lowest BCUT2D eigenvalue weighted by molar-refractivity contribution is 0.102. The molecule has 0 spiro atoms. The summed E-state index contributed by atoms with van der Waals surface area (Å²) in [6, 6.07) is 4.01. The number of hydrogen-bond acceptors (Lipinski definition) is 7. The molecule has 26 heavy (non-hydrogen) atoms. The SMILES string of the molecule is Clc1cnn(CN2CCN(CCCc3nc(-c4cccs4)no3)CC2)c1. The van der Waals surface area contributed by atoms with Crippen molar-refractivity contribution in [2.75, 3.05) is 32.7 Å². The van der Waals surface area contributed by atoms with E-state index >= 15 is 0 Å². The predicted octanol–water partition coefficient (Wildman–Crippen LogP) is 2.86. The van der Waals surface area contributed by atoms with E-state index < -0.39 is 0 Å². The summed E-state index contributed by atoms with van der Waals surface area (Å²) in [4.78, 5) is 10.4. The van der Waals surface area contributed by atoms with Crippen LogP contribution in [0.1, 0.15) is 12.3 Å². The molecular formula is C17H21ClN6OS. The molecule has 4 heterocycles. The van der Waals surface area contributed by atoms with Gasteiger partial charge < -0.3 is 9.42 Å². The minimum Gasteiger partial charge on any atom is -0.339 e. The van der Waals surface area contributed by atoms with Crippen LogP contribution in [0.25, 0.3) is 10.7 Å². The Kier molecular flexibility index (Phi) is 5.64. The standard InChI is InChI=1S/C17H21ClN6OS/c18-14-11-19-24(12-14)13-23-8-6-22(7-9-23)5-1-4-16-20-17(21-25-16)15-3-2-10-26-15/h2-3,10-12H,1,4-9,13H2. The topological polar surface area (TPSA) is 63.2 Å². The first-order chi connectivity index (χ1) is 12.8. The molecule has 1 aliphatic rings. The van der Waals surface area contributed by atoms with Crippen LogP contribution in [0.3, 0.4) is 0 Å². The molecule has 0 amide bonds. The molecule has 0 unspecified atom stereocenters. The third-order valence-electron chi connectivity index (χ3n) is 4.49. The number of nitrogens with zero attached hydrogens (tertiary/aromatic N) is 6. The highest BCUT2D eigenvalue weighted by Crippen LogP contribution is 2.21. The van der Waals surface area contributed by atoms with Gasteiger partial charge in [0.1, 0.15) is 0 Å². The van der Waals surface area contributed by atoms with E-state index in [2.05, 4.69) is 25.0 Å². The van der Waals surface area contributed by atoms with Gasteiger partial charge in [0.15, 0.2) is 0 Å². The van der Waals surface area contributed by atoms with E-state index in [1.165, 1.54) is 0 Å². The van der Waals surface area contributed by atoms with Crippen LogP contribution in [0.5, 0.6) is 0 Å². The van der Waals surface area contributed by atoms with Crippen molar-refractivity contribution in [3.05, 3.63) is 40.8 Å². The van der Waals surface area contributed by atoms with E-state index in [0.29, 0.717) is 10.8 Å². The highest BCUT2D eigenvalue weighted by atomic mass is 35.5.